The second-order valence-electron chi connectivity index (χ2n) is 5.88. The minimum atomic E-state index is 0.705. The fourth-order valence-corrected chi connectivity index (χ4v) is 2.16. The third-order valence-electron chi connectivity index (χ3n) is 3.74. The van der Waals surface area contributed by atoms with Gasteiger partial charge in [-0.25, -0.2) is 0 Å². The quantitative estimate of drug-likeness (QED) is 0.430. The number of rotatable bonds is 13. The average molecular weight is 322 g/mol. The van der Waals surface area contributed by atoms with E-state index in [-0.39, 0.29) is 0 Å². The molecule has 1 rings (SSSR count). The Bertz CT molecular complexity index is 398. The standard InChI is InChI=1S/C20H34O3/c1-5-9-12-21-18-15-17(8-4)16-19(22-13-10-6-2)20(18)23-14-11-7-3/h15-16H,5-14H2,1-4H3. The lowest BCUT2D eigenvalue weighted by Crippen LogP contribution is -2.06. The Hall–Kier alpha value is -1.38. The van der Waals surface area contributed by atoms with Gasteiger partial charge in [-0.3, -0.25) is 0 Å². The van der Waals surface area contributed by atoms with Crippen molar-refractivity contribution in [2.75, 3.05) is 19.8 Å². The van der Waals surface area contributed by atoms with Gasteiger partial charge in [-0.15, -0.1) is 0 Å². The second-order valence-corrected chi connectivity index (χ2v) is 5.88. The van der Waals surface area contributed by atoms with E-state index >= 15 is 0 Å². The van der Waals surface area contributed by atoms with E-state index in [9.17, 15) is 0 Å². The fraction of sp³-hybridized carbons (Fsp3) is 0.700. The van der Waals surface area contributed by atoms with Crippen molar-refractivity contribution < 1.29 is 14.2 Å². The highest BCUT2D eigenvalue weighted by Crippen LogP contribution is 2.39. The average Bonchev–Trinajstić information content (AvgIpc) is 2.57. The third-order valence-corrected chi connectivity index (χ3v) is 3.74. The van der Waals surface area contributed by atoms with E-state index in [4.69, 9.17) is 14.2 Å². The van der Waals surface area contributed by atoms with E-state index in [2.05, 4.69) is 39.8 Å². The van der Waals surface area contributed by atoms with Crippen LogP contribution in [0.15, 0.2) is 12.1 Å². The number of benzene rings is 1. The van der Waals surface area contributed by atoms with Gasteiger partial charge < -0.3 is 14.2 Å². The summed E-state index contributed by atoms with van der Waals surface area (Å²) in [5.41, 5.74) is 1.23. The molecule has 0 aromatic heterocycles. The number of hydrogen-bond acceptors (Lipinski definition) is 3. The Morgan fingerprint density at radius 1 is 0.652 bits per heavy atom. The largest absolute Gasteiger partial charge is 0.490 e. The predicted octanol–water partition coefficient (Wildman–Crippen LogP) is 5.79. The van der Waals surface area contributed by atoms with Crippen molar-refractivity contribution in [3.05, 3.63) is 17.7 Å². The van der Waals surface area contributed by atoms with Gasteiger partial charge in [0.15, 0.2) is 11.5 Å². The van der Waals surface area contributed by atoms with Crippen molar-refractivity contribution in [2.45, 2.75) is 72.6 Å². The lowest BCUT2D eigenvalue weighted by atomic mass is 10.1. The molecule has 0 heterocycles. The number of aryl methyl sites for hydroxylation is 1. The highest BCUT2D eigenvalue weighted by Gasteiger charge is 2.15. The van der Waals surface area contributed by atoms with E-state index in [0.29, 0.717) is 6.61 Å². The fourth-order valence-electron chi connectivity index (χ4n) is 2.16. The SMILES string of the molecule is CCCCOc1cc(CC)cc(OCCCC)c1OCCCC. The molecule has 0 atom stereocenters. The minimum absolute atomic E-state index is 0.705. The minimum Gasteiger partial charge on any atom is -0.490 e. The summed E-state index contributed by atoms with van der Waals surface area (Å²) in [5, 5.41) is 0. The van der Waals surface area contributed by atoms with Gasteiger partial charge in [0.1, 0.15) is 0 Å². The molecular weight excluding hydrogens is 288 g/mol. The molecule has 0 aliphatic heterocycles. The molecule has 0 N–H and O–H groups in total. The van der Waals surface area contributed by atoms with Crippen LogP contribution in [-0.2, 0) is 6.42 Å². The van der Waals surface area contributed by atoms with E-state index in [1.165, 1.54) is 5.56 Å². The first-order chi connectivity index (χ1) is 11.3. The van der Waals surface area contributed by atoms with E-state index in [1.54, 1.807) is 0 Å². The Balaban J connectivity index is 2.97. The summed E-state index contributed by atoms with van der Waals surface area (Å²) in [7, 11) is 0. The van der Waals surface area contributed by atoms with Crippen LogP contribution in [0.5, 0.6) is 17.2 Å². The van der Waals surface area contributed by atoms with E-state index < -0.39 is 0 Å². The van der Waals surface area contributed by atoms with Crippen molar-refractivity contribution in [1.82, 2.24) is 0 Å². The molecule has 0 radical (unpaired) electrons. The van der Waals surface area contributed by atoms with Crippen LogP contribution in [0.25, 0.3) is 0 Å². The maximum Gasteiger partial charge on any atom is 0.203 e. The maximum absolute atomic E-state index is 6.02. The van der Waals surface area contributed by atoms with Gasteiger partial charge in [-0.1, -0.05) is 47.0 Å². The smallest absolute Gasteiger partial charge is 0.203 e. The van der Waals surface area contributed by atoms with Gasteiger partial charge in [0.25, 0.3) is 0 Å². The van der Waals surface area contributed by atoms with Crippen LogP contribution in [0.1, 0.15) is 71.8 Å². The van der Waals surface area contributed by atoms with Gasteiger partial charge in [-0.2, -0.15) is 0 Å². The molecule has 0 saturated heterocycles. The molecule has 3 heteroatoms. The van der Waals surface area contributed by atoms with Gasteiger partial charge in [0.2, 0.25) is 5.75 Å². The summed E-state index contributed by atoms with van der Waals surface area (Å²) in [6.45, 7) is 10.8. The van der Waals surface area contributed by atoms with Crippen LogP contribution in [-0.4, -0.2) is 19.8 Å². The number of unbranched alkanes of at least 4 members (excludes halogenated alkanes) is 3. The summed E-state index contributed by atoms with van der Waals surface area (Å²) < 4.78 is 18.0. The first-order valence-electron chi connectivity index (χ1n) is 9.32. The summed E-state index contributed by atoms with van der Waals surface area (Å²) in [6.07, 6.45) is 7.47. The molecule has 0 spiro atoms. The highest BCUT2D eigenvalue weighted by molar-refractivity contribution is 5.54. The molecule has 1 aromatic rings. The molecule has 3 nitrogen and oxygen atoms in total. The molecule has 132 valence electrons. The molecule has 0 saturated carbocycles. The number of hydrogen-bond donors (Lipinski definition) is 0. The zero-order valence-electron chi connectivity index (χ0n) is 15.5. The van der Waals surface area contributed by atoms with Gasteiger partial charge >= 0.3 is 0 Å². The van der Waals surface area contributed by atoms with Gasteiger partial charge in [0, 0.05) is 0 Å². The molecule has 0 aliphatic rings. The summed E-state index contributed by atoms with van der Waals surface area (Å²) in [6, 6.07) is 4.20. The molecule has 0 unspecified atom stereocenters. The Kier molecular flexibility index (Phi) is 10.3. The van der Waals surface area contributed by atoms with Crippen LogP contribution < -0.4 is 14.2 Å². The maximum atomic E-state index is 6.02. The Morgan fingerprint density at radius 3 is 1.48 bits per heavy atom. The normalized spacial score (nSPS) is 10.6. The van der Waals surface area contributed by atoms with Crippen molar-refractivity contribution in [2.24, 2.45) is 0 Å². The highest BCUT2D eigenvalue weighted by atomic mass is 16.5. The zero-order chi connectivity index (χ0) is 16.9. The van der Waals surface area contributed by atoms with Crippen LogP contribution in [0.3, 0.4) is 0 Å². The summed E-state index contributed by atoms with van der Waals surface area (Å²) in [5.74, 6) is 2.45. The first-order valence-corrected chi connectivity index (χ1v) is 9.32. The monoisotopic (exact) mass is 322 g/mol. The van der Waals surface area contributed by atoms with Gasteiger partial charge in [-0.05, 0) is 43.4 Å². The summed E-state index contributed by atoms with van der Waals surface area (Å²) >= 11 is 0. The lowest BCUT2D eigenvalue weighted by Gasteiger charge is -2.18. The molecular formula is C20H34O3. The molecule has 0 amide bonds. The third kappa shape index (κ3) is 7.15. The van der Waals surface area contributed by atoms with Crippen molar-refractivity contribution >= 4 is 0 Å². The first kappa shape index (κ1) is 19.7. The van der Waals surface area contributed by atoms with Crippen LogP contribution in [0.2, 0.25) is 0 Å². The van der Waals surface area contributed by atoms with Crippen molar-refractivity contribution in [1.29, 1.82) is 0 Å². The molecule has 0 fully saturated rings. The Labute approximate surface area is 142 Å². The molecule has 0 aliphatic carbocycles. The zero-order valence-corrected chi connectivity index (χ0v) is 15.5. The molecule has 0 bridgehead atoms. The van der Waals surface area contributed by atoms with Crippen LogP contribution >= 0.6 is 0 Å². The number of ether oxygens (including phenoxy) is 3. The van der Waals surface area contributed by atoms with Crippen LogP contribution in [0, 0.1) is 0 Å². The lowest BCUT2D eigenvalue weighted by molar-refractivity contribution is 0.237. The van der Waals surface area contributed by atoms with E-state index in [0.717, 1.165) is 75.4 Å². The molecule has 23 heavy (non-hydrogen) atoms. The predicted molar refractivity (Wildman–Crippen MR) is 97.0 cm³/mol. The van der Waals surface area contributed by atoms with Crippen molar-refractivity contribution in [3.63, 3.8) is 0 Å². The molecule has 1 aromatic carbocycles. The van der Waals surface area contributed by atoms with Gasteiger partial charge in [0.05, 0.1) is 19.8 Å². The van der Waals surface area contributed by atoms with Crippen LogP contribution in [0.4, 0.5) is 0 Å². The Morgan fingerprint density at radius 2 is 1.09 bits per heavy atom. The van der Waals surface area contributed by atoms with E-state index in [1.807, 2.05) is 0 Å². The summed E-state index contributed by atoms with van der Waals surface area (Å²) in [4.78, 5) is 0. The van der Waals surface area contributed by atoms with Crippen molar-refractivity contribution in [3.8, 4) is 17.2 Å². The topological polar surface area (TPSA) is 27.7 Å². The second kappa shape index (κ2) is 12.1.